The zero-order valence-corrected chi connectivity index (χ0v) is 9.91. The van der Waals surface area contributed by atoms with Crippen molar-refractivity contribution in [3.63, 3.8) is 0 Å². The van der Waals surface area contributed by atoms with Gasteiger partial charge in [-0.05, 0) is 46.6 Å². The summed E-state index contributed by atoms with van der Waals surface area (Å²) < 4.78 is 0.879. The van der Waals surface area contributed by atoms with Gasteiger partial charge in [0, 0.05) is 11.8 Å². The quantitative estimate of drug-likeness (QED) is 0.326. The first-order valence-electron chi connectivity index (χ1n) is 5.35. The fourth-order valence-electron chi connectivity index (χ4n) is 1.42. The van der Waals surface area contributed by atoms with E-state index in [1.807, 2.05) is 6.92 Å². The summed E-state index contributed by atoms with van der Waals surface area (Å²) in [4.78, 5) is 0. The number of hydrogen-bond acceptors (Lipinski definition) is 5. The minimum atomic E-state index is 0.311. The number of aryl methyl sites for hydroxylation is 1. The maximum Gasteiger partial charge on any atom is 0.388 e. The third-order valence-corrected chi connectivity index (χ3v) is 2.49. The van der Waals surface area contributed by atoms with E-state index in [2.05, 4.69) is 10.2 Å². The highest BCUT2D eigenvalue weighted by atomic mass is 16.5. The molecule has 18 heavy (non-hydrogen) atoms. The van der Waals surface area contributed by atoms with Crippen molar-refractivity contribution in [1.82, 2.24) is 0 Å². The third-order valence-electron chi connectivity index (χ3n) is 2.49. The molecule has 0 spiro atoms. The van der Waals surface area contributed by atoms with Gasteiger partial charge in [0.05, 0.1) is 10.8 Å². The number of anilines is 2. The van der Waals surface area contributed by atoms with Gasteiger partial charge in [0.1, 0.15) is 11.9 Å². The zero-order valence-electron chi connectivity index (χ0n) is 9.91. The fourth-order valence-corrected chi connectivity index (χ4v) is 1.42. The van der Waals surface area contributed by atoms with Gasteiger partial charge >= 0.3 is 5.82 Å². The summed E-state index contributed by atoms with van der Waals surface area (Å²) in [5.41, 5.74) is 14.0. The highest BCUT2D eigenvalue weighted by Crippen LogP contribution is 2.28. The molecule has 2 aromatic rings. The molecule has 0 unspecified atom stereocenters. The first-order valence-corrected chi connectivity index (χ1v) is 5.35. The Bertz CT molecular complexity index is 609. The standard InChI is InChI=1S/C12H13N5O/c1-8-6-11(10(14)7-9(8)13)15-16-12-4-2-3-5-17(12)18/h2-7,18H,1H3,(H3,13,14)/p+1. The molecular weight excluding hydrogens is 230 g/mol. The van der Waals surface area contributed by atoms with Crippen LogP contribution < -0.4 is 16.2 Å². The van der Waals surface area contributed by atoms with Gasteiger partial charge in [-0.2, -0.15) is 0 Å². The van der Waals surface area contributed by atoms with Gasteiger partial charge in [-0.25, -0.2) is 0 Å². The van der Waals surface area contributed by atoms with Gasteiger partial charge < -0.3 is 16.7 Å². The third kappa shape index (κ3) is 2.37. The van der Waals surface area contributed by atoms with Crippen molar-refractivity contribution >= 4 is 22.9 Å². The lowest BCUT2D eigenvalue weighted by molar-refractivity contribution is -0.894. The molecule has 0 aliphatic heterocycles. The maximum atomic E-state index is 9.47. The van der Waals surface area contributed by atoms with E-state index in [1.165, 1.54) is 6.20 Å². The van der Waals surface area contributed by atoms with Gasteiger partial charge in [0.15, 0.2) is 0 Å². The van der Waals surface area contributed by atoms with E-state index in [0.29, 0.717) is 22.9 Å². The van der Waals surface area contributed by atoms with Crippen molar-refractivity contribution in [3.8, 4) is 0 Å². The Balaban J connectivity index is 2.35. The topological polar surface area (TPSA) is 101 Å². The molecule has 6 heteroatoms. The van der Waals surface area contributed by atoms with Gasteiger partial charge in [0.2, 0.25) is 0 Å². The van der Waals surface area contributed by atoms with Crippen LogP contribution in [0.15, 0.2) is 46.8 Å². The molecule has 1 aromatic carbocycles. The molecule has 0 fully saturated rings. The largest absolute Gasteiger partial charge is 0.398 e. The second-order valence-electron chi connectivity index (χ2n) is 3.87. The normalized spacial score (nSPS) is 10.9. The lowest BCUT2D eigenvalue weighted by Crippen LogP contribution is -2.28. The Morgan fingerprint density at radius 1 is 1.11 bits per heavy atom. The van der Waals surface area contributed by atoms with Crippen LogP contribution in [0.3, 0.4) is 0 Å². The highest BCUT2D eigenvalue weighted by molar-refractivity contribution is 5.70. The van der Waals surface area contributed by atoms with E-state index >= 15 is 0 Å². The van der Waals surface area contributed by atoms with Crippen molar-refractivity contribution in [2.45, 2.75) is 6.92 Å². The summed E-state index contributed by atoms with van der Waals surface area (Å²) in [6.07, 6.45) is 1.46. The number of benzene rings is 1. The Labute approximate surface area is 104 Å². The molecule has 0 atom stereocenters. The summed E-state index contributed by atoms with van der Waals surface area (Å²) in [6, 6.07) is 8.45. The summed E-state index contributed by atoms with van der Waals surface area (Å²) >= 11 is 0. The molecule has 0 saturated heterocycles. The molecule has 0 aliphatic rings. The van der Waals surface area contributed by atoms with E-state index in [-0.39, 0.29) is 0 Å². The van der Waals surface area contributed by atoms with Crippen LogP contribution in [-0.4, -0.2) is 5.21 Å². The average molecular weight is 244 g/mol. The van der Waals surface area contributed by atoms with Crippen LogP contribution in [0.25, 0.3) is 0 Å². The Morgan fingerprint density at radius 2 is 1.89 bits per heavy atom. The molecule has 2 rings (SSSR count). The SMILES string of the molecule is Cc1cc(N=Nc2cccc[n+]2O)c(N)cc1N. The number of azo groups is 1. The van der Waals surface area contributed by atoms with Gasteiger partial charge in [-0.1, -0.05) is 0 Å². The highest BCUT2D eigenvalue weighted by Gasteiger charge is 2.08. The molecule has 0 radical (unpaired) electrons. The number of nitrogens with zero attached hydrogens (tertiary/aromatic N) is 3. The Kier molecular flexibility index (Phi) is 3.09. The first-order chi connectivity index (χ1) is 8.58. The van der Waals surface area contributed by atoms with Gasteiger partial charge in [-0.15, -0.1) is 0 Å². The van der Waals surface area contributed by atoms with Crippen molar-refractivity contribution in [3.05, 3.63) is 42.1 Å². The molecular formula is C12H14N5O+. The van der Waals surface area contributed by atoms with Crippen molar-refractivity contribution < 1.29 is 9.94 Å². The predicted octanol–water partition coefficient (Wildman–Crippen LogP) is 2.10. The van der Waals surface area contributed by atoms with Crippen LogP contribution in [0.5, 0.6) is 0 Å². The molecule has 0 bridgehead atoms. The van der Waals surface area contributed by atoms with E-state index in [9.17, 15) is 5.21 Å². The molecule has 1 aromatic heterocycles. The summed E-state index contributed by atoms with van der Waals surface area (Å²) in [5.74, 6) is 0.311. The molecule has 0 aliphatic carbocycles. The fraction of sp³-hybridized carbons (Fsp3) is 0.0833. The molecule has 5 N–H and O–H groups in total. The van der Waals surface area contributed by atoms with Crippen LogP contribution in [0.2, 0.25) is 0 Å². The minimum absolute atomic E-state index is 0.311. The molecule has 0 saturated carbocycles. The summed E-state index contributed by atoms with van der Waals surface area (Å²) in [6.45, 7) is 1.86. The predicted molar refractivity (Wildman–Crippen MR) is 68.0 cm³/mol. The van der Waals surface area contributed by atoms with Crippen LogP contribution in [0.4, 0.5) is 22.9 Å². The monoisotopic (exact) mass is 244 g/mol. The number of nitrogens with two attached hydrogens (primary N) is 2. The number of pyridine rings is 1. The van der Waals surface area contributed by atoms with Crippen LogP contribution >= 0.6 is 0 Å². The number of nitrogen functional groups attached to an aromatic ring is 2. The molecule has 0 amide bonds. The Morgan fingerprint density at radius 3 is 2.61 bits per heavy atom. The number of hydrogen-bond donors (Lipinski definition) is 3. The van der Waals surface area contributed by atoms with Crippen LogP contribution in [0, 0.1) is 6.92 Å². The maximum absolute atomic E-state index is 9.47. The summed E-state index contributed by atoms with van der Waals surface area (Å²) in [7, 11) is 0. The van der Waals surface area contributed by atoms with E-state index in [1.54, 1.807) is 30.3 Å². The lowest BCUT2D eigenvalue weighted by Gasteiger charge is -2.02. The van der Waals surface area contributed by atoms with Crippen molar-refractivity contribution in [2.75, 3.05) is 11.5 Å². The van der Waals surface area contributed by atoms with E-state index < -0.39 is 0 Å². The Hall–Kier alpha value is -2.63. The lowest BCUT2D eigenvalue weighted by atomic mass is 10.1. The smallest absolute Gasteiger partial charge is 0.388 e. The molecule has 6 nitrogen and oxygen atoms in total. The van der Waals surface area contributed by atoms with Crippen LogP contribution in [-0.2, 0) is 0 Å². The summed E-state index contributed by atoms with van der Waals surface area (Å²) in [5, 5.41) is 17.4. The van der Waals surface area contributed by atoms with Crippen molar-refractivity contribution in [1.29, 1.82) is 0 Å². The minimum Gasteiger partial charge on any atom is -0.398 e. The zero-order chi connectivity index (χ0) is 13.1. The van der Waals surface area contributed by atoms with E-state index in [0.717, 1.165) is 10.3 Å². The van der Waals surface area contributed by atoms with Crippen LogP contribution in [0.1, 0.15) is 5.56 Å². The number of rotatable bonds is 2. The average Bonchev–Trinajstić information content (AvgIpc) is 2.34. The number of aromatic nitrogens is 1. The second-order valence-corrected chi connectivity index (χ2v) is 3.87. The van der Waals surface area contributed by atoms with Crippen molar-refractivity contribution in [2.24, 2.45) is 10.2 Å². The van der Waals surface area contributed by atoms with E-state index in [4.69, 9.17) is 11.5 Å². The second kappa shape index (κ2) is 4.70. The first kappa shape index (κ1) is 11.8. The van der Waals surface area contributed by atoms with Gasteiger partial charge in [-0.3, -0.25) is 0 Å². The molecule has 1 heterocycles. The molecule has 92 valence electrons. The van der Waals surface area contributed by atoms with Gasteiger partial charge in [0.25, 0.3) is 0 Å².